The second-order valence-corrected chi connectivity index (χ2v) is 3.32. The molecule has 15 heavy (non-hydrogen) atoms. The maximum Gasteiger partial charge on any atom is 0.221 e. The van der Waals surface area contributed by atoms with Crippen molar-refractivity contribution in [3.05, 3.63) is 18.0 Å². The maximum atomic E-state index is 5.76. The lowest BCUT2D eigenvalue weighted by molar-refractivity contribution is 0.763. The highest BCUT2D eigenvalue weighted by atomic mass is 15.3. The van der Waals surface area contributed by atoms with Crippen LogP contribution in [0.3, 0.4) is 0 Å². The fourth-order valence-electron chi connectivity index (χ4n) is 1.47. The highest BCUT2D eigenvalue weighted by Gasteiger charge is 2.10. The minimum absolute atomic E-state index is 0.176. The molecule has 2 heterocycles. The molecule has 0 spiro atoms. The molecule has 6 heteroatoms. The molecule has 0 amide bonds. The third-order valence-corrected chi connectivity index (χ3v) is 2.11. The number of aryl methyl sites for hydroxylation is 2. The minimum Gasteiger partial charge on any atom is -0.383 e. The van der Waals surface area contributed by atoms with Gasteiger partial charge >= 0.3 is 0 Å². The lowest BCUT2D eigenvalue weighted by Crippen LogP contribution is -2.03. The van der Waals surface area contributed by atoms with Crippen LogP contribution in [0.2, 0.25) is 0 Å². The maximum absolute atomic E-state index is 5.76. The van der Waals surface area contributed by atoms with E-state index < -0.39 is 0 Å². The first kappa shape index (κ1) is 9.45. The summed E-state index contributed by atoms with van der Waals surface area (Å²) in [5.41, 5.74) is 13.7. The Balaban J connectivity index is 2.59. The normalized spacial score (nSPS) is 10.5. The van der Waals surface area contributed by atoms with E-state index in [1.165, 1.54) is 0 Å². The molecule has 0 aromatic carbocycles. The summed E-state index contributed by atoms with van der Waals surface area (Å²) >= 11 is 0. The minimum atomic E-state index is 0.176. The van der Waals surface area contributed by atoms with E-state index in [0.717, 1.165) is 17.0 Å². The van der Waals surface area contributed by atoms with Gasteiger partial charge in [-0.1, -0.05) is 0 Å². The summed E-state index contributed by atoms with van der Waals surface area (Å²) in [6.45, 7) is 1.91. The van der Waals surface area contributed by atoms with Crippen LogP contribution in [-0.4, -0.2) is 19.7 Å². The molecule has 0 aliphatic heterocycles. The van der Waals surface area contributed by atoms with Crippen molar-refractivity contribution < 1.29 is 0 Å². The van der Waals surface area contributed by atoms with Crippen molar-refractivity contribution in [3.8, 4) is 11.3 Å². The zero-order valence-corrected chi connectivity index (χ0v) is 8.60. The van der Waals surface area contributed by atoms with E-state index in [-0.39, 0.29) is 5.95 Å². The number of rotatable bonds is 1. The average molecular weight is 204 g/mol. The topological polar surface area (TPSA) is 95.6 Å². The fraction of sp³-hybridized carbons (Fsp3) is 0.222. The van der Waals surface area contributed by atoms with Crippen molar-refractivity contribution in [1.82, 2.24) is 19.7 Å². The summed E-state index contributed by atoms with van der Waals surface area (Å²) in [4.78, 5) is 7.82. The molecule has 0 radical (unpaired) electrons. The molecule has 2 aromatic rings. The number of nitrogens with two attached hydrogens (primary N) is 2. The number of anilines is 2. The predicted octanol–water partition coefficient (Wildman–Crippen LogP) is 0.350. The van der Waals surface area contributed by atoms with Gasteiger partial charge in [-0.3, -0.25) is 4.68 Å². The van der Waals surface area contributed by atoms with Crippen LogP contribution in [-0.2, 0) is 7.05 Å². The molecule has 0 unspecified atom stereocenters. The molecule has 2 rings (SSSR count). The van der Waals surface area contributed by atoms with Crippen LogP contribution in [0, 0.1) is 6.92 Å². The van der Waals surface area contributed by atoms with E-state index >= 15 is 0 Å². The Morgan fingerprint density at radius 2 is 2.07 bits per heavy atom. The molecule has 6 nitrogen and oxygen atoms in total. The third-order valence-electron chi connectivity index (χ3n) is 2.11. The average Bonchev–Trinajstić information content (AvgIpc) is 2.45. The van der Waals surface area contributed by atoms with E-state index in [2.05, 4.69) is 15.1 Å². The summed E-state index contributed by atoms with van der Waals surface area (Å²) in [6.07, 6.45) is 1.61. The van der Waals surface area contributed by atoms with Crippen LogP contribution in [0.4, 0.5) is 11.8 Å². The molecule has 0 aliphatic rings. The molecule has 2 aromatic heterocycles. The Hall–Kier alpha value is -2.11. The molecule has 0 saturated heterocycles. The van der Waals surface area contributed by atoms with Gasteiger partial charge in [-0.2, -0.15) is 10.1 Å². The van der Waals surface area contributed by atoms with Gasteiger partial charge in [-0.25, -0.2) is 4.98 Å². The fourth-order valence-corrected chi connectivity index (χ4v) is 1.47. The van der Waals surface area contributed by atoms with Gasteiger partial charge in [0.15, 0.2) is 0 Å². The highest BCUT2D eigenvalue weighted by Crippen LogP contribution is 2.23. The van der Waals surface area contributed by atoms with E-state index in [1.54, 1.807) is 10.9 Å². The van der Waals surface area contributed by atoms with Crippen LogP contribution < -0.4 is 11.5 Å². The monoisotopic (exact) mass is 204 g/mol. The zero-order valence-electron chi connectivity index (χ0n) is 8.60. The molecular weight excluding hydrogens is 192 g/mol. The first-order valence-corrected chi connectivity index (χ1v) is 4.47. The lowest BCUT2D eigenvalue weighted by atomic mass is 10.2. The summed E-state index contributed by atoms with van der Waals surface area (Å²) < 4.78 is 1.74. The van der Waals surface area contributed by atoms with Crippen LogP contribution in [0.5, 0.6) is 0 Å². The Labute approximate surface area is 86.9 Å². The van der Waals surface area contributed by atoms with Crippen LogP contribution in [0.25, 0.3) is 11.3 Å². The molecule has 0 aliphatic carbocycles. The first-order chi connectivity index (χ1) is 7.08. The van der Waals surface area contributed by atoms with Crippen LogP contribution in [0.15, 0.2) is 12.3 Å². The molecule has 0 fully saturated rings. The van der Waals surface area contributed by atoms with Crippen molar-refractivity contribution in [3.63, 3.8) is 0 Å². The van der Waals surface area contributed by atoms with Gasteiger partial charge in [0.05, 0.1) is 17.0 Å². The SMILES string of the molecule is Cc1cc(-c2cnc(N)nc2N)n(C)n1. The number of nitrogen functional groups attached to an aromatic ring is 2. The van der Waals surface area contributed by atoms with E-state index in [9.17, 15) is 0 Å². The number of hydrogen-bond acceptors (Lipinski definition) is 5. The van der Waals surface area contributed by atoms with Gasteiger partial charge in [0.1, 0.15) is 5.82 Å². The van der Waals surface area contributed by atoms with Gasteiger partial charge in [0, 0.05) is 13.2 Å². The predicted molar refractivity (Wildman–Crippen MR) is 57.8 cm³/mol. The Bertz CT molecular complexity index is 501. The van der Waals surface area contributed by atoms with Gasteiger partial charge < -0.3 is 11.5 Å². The second-order valence-electron chi connectivity index (χ2n) is 3.32. The largest absolute Gasteiger partial charge is 0.383 e. The quantitative estimate of drug-likeness (QED) is 0.698. The molecule has 4 N–H and O–H groups in total. The zero-order chi connectivity index (χ0) is 11.0. The van der Waals surface area contributed by atoms with Crippen molar-refractivity contribution in [2.75, 3.05) is 11.5 Å². The van der Waals surface area contributed by atoms with Crippen molar-refractivity contribution in [2.45, 2.75) is 6.92 Å². The van der Waals surface area contributed by atoms with Crippen molar-refractivity contribution in [1.29, 1.82) is 0 Å². The van der Waals surface area contributed by atoms with Crippen LogP contribution in [0.1, 0.15) is 5.69 Å². The molecule has 0 atom stereocenters. The molecule has 0 saturated carbocycles. The molecular formula is C9H12N6. The van der Waals surface area contributed by atoms with Gasteiger partial charge in [-0.05, 0) is 13.0 Å². The molecule has 78 valence electrons. The highest BCUT2D eigenvalue weighted by molar-refractivity contribution is 5.71. The second kappa shape index (κ2) is 3.23. The van der Waals surface area contributed by atoms with Gasteiger partial charge in [0.2, 0.25) is 5.95 Å². The van der Waals surface area contributed by atoms with Crippen molar-refractivity contribution in [2.24, 2.45) is 7.05 Å². The smallest absolute Gasteiger partial charge is 0.221 e. The number of hydrogen-bond donors (Lipinski definition) is 2. The Kier molecular flexibility index (Phi) is 2.03. The summed E-state index contributed by atoms with van der Waals surface area (Å²) in [7, 11) is 1.85. The summed E-state index contributed by atoms with van der Waals surface area (Å²) in [5, 5.41) is 4.23. The molecule has 0 bridgehead atoms. The van der Waals surface area contributed by atoms with Crippen molar-refractivity contribution >= 4 is 11.8 Å². The Morgan fingerprint density at radius 3 is 2.60 bits per heavy atom. The number of nitrogens with zero attached hydrogens (tertiary/aromatic N) is 4. The summed E-state index contributed by atoms with van der Waals surface area (Å²) in [6, 6.07) is 1.92. The standard InChI is InChI=1S/C9H12N6/c1-5-3-7(15(2)14-5)6-4-12-9(11)13-8(6)10/h3-4H,1-2H3,(H4,10,11,12,13). The van der Waals surface area contributed by atoms with Gasteiger partial charge in [-0.15, -0.1) is 0 Å². The van der Waals surface area contributed by atoms with Gasteiger partial charge in [0.25, 0.3) is 0 Å². The number of aromatic nitrogens is 4. The third kappa shape index (κ3) is 1.61. The van der Waals surface area contributed by atoms with Crippen LogP contribution >= 0.6 is 0 Å². The first-order valence-electron chi connectivity index (χ1n) is 4.47. The van der Waals surface area contributed by atoms with E-state index in [4.69, 9.17) is 11.5 Å². The summed E-state index contributed by atoms with van der Waals surface area (Å²) in [5.74, 6) is 0.542. The van der Waals surface area contributed by atoms with E-state index in [0.29, 0.717) is 5.82 Å². The van der Waals surface area contributed by atoms with E-state index in [1.807, 2.05) is 20.0 Å². The Morgan fingerprint density at radius 1 is 1.33 bits per heavy atom. The lowest BCUT2D eigenvalue weighted by Gasteiger charge is -2.04.